The molecule has 0 radical (unpaired) electrons. The van der Waals surface area contributed by atoms with E-state index in [9.17, 15) is 9.59 Å². The van der Waals surface area contributed by atoms with Crippen LogP contribution in [0.5, 0.6) is 0 Å². The Bertz CT molecular complexity index is 457. The van der Waals surface area contributed by atoms with Crippen LogP contribution in [0, 0.1) is 6.92 Å². The number of unbranched alkanes of at least 4 members (excludes halogenated alkanes) is 1. The molecule has 0 bridgehead atoms. The highest BCUT2D eigenvalue weighted by molar-refractivity contribution is 5.76. The Morgan fingerprint density at radius 1 is 1.20 bits per heavy atom. The van der Waals surface area contributed by atoms with Gasteiger partial charge in [-0.25, -0.2) is 0 Å². The lowest BCUT2D eigenvalue weighted by molar-refractivity contribution is -0.137. The highest BCUT2D eigenvalue weighted by atomic mass is 16.4. The van der Waals surface area contributed by atoms with Gasteiger partial charge in [0.2, 0.25) is 5.91 Å². The maximum absolute atomic E-state index is 11.7. The molecule has 0 aliphatic carbocycles. The van der Waals surface area contributed by atoms with E-state index < -0.39 is 5.97 Å². The Morgan fingerprint density at radius 3 is 2.50 bits per heavy atom. The fourth-order valence-electron chi connectivity index (χ4n) is 2.13. The number of hydrogen-bond acceptors (Lipinski definition) is 2. The van der Waals surface area contributed by atoms with Gasteiger partial charge in [-0.2, -0.15) is 0 Å². The second-order valence-corrected chi connectivity index (χ2v) is 5.20. The van der Waals surface area contributed by atoms with Crippen LogP contribution in [-0.2, 0) is 16.0 Å². The van der Waals surface area contributed by atoms with Gasteiger partial charge in [-0.1, -0.05) is 24.3 Å². The third kappa shape index (κ3) is 6.36. The molecule has 0 saturated carbocycles. The first kappa shape index (κ1) is 16.2. The Kier molecular flexibility index (Phi) is 6.77. The number of carbonyl (C=O) groups is 2. The Balaban J connectivity index is 2.28. The molecule has 4 heteroatoms. The zero-order valence-corrected chi connectivity index (χ0v) is 12.2. The van der Waals surface area contributed by atoms with E-state index in [-0.39, 0.29) is 18.4 Å². The number of aliphatic carboxylic acids is 1. The molecule has 1 aromatic rings. The summed E-state index contributed by atoms with van der Waals surface area (Å²) in [6, 6.07) is 8.23. The van der Waals surface area contributed by atoms with Gasteiger partial charge in [-0.05, 0) is 44.2 Å². The lowest BCUT2D eigenvalue weighted by atomic mass is 10.0. The summed E-state index contributed by atoms with van der Waals surface area (Å²) in [7, 11) is 0. The van der Waals surface area contributed by atoms with Crippen molar-refractivity contribution in [2.24, 2.45) is 0 Å². The Hall–Kier alpha value is -1.84. The predicted molar refractivity (Wildman–Crippen MR) is 78.6 cm³/mol. The van der Waals surface area contributed by atoms with Crippen LogP contribution in [0.4, 0.5) is 0 Å². The van der Waals surface area contributed by atoms with Gasteiger partial charge in [0.15, 0.2) is 0 Å². The maximum atomic E-state index is 11.7. The van der Waals surface area contributed by atoms with Gasteiger partial charge >= 0.3 is 5.97 Å². The lowest BCUT2D eigenvalue weighted by Crippen LogP contribution is -2.34. The van der Waals surface area contributed by atoms with Crippen LogP contribution >= 0.6 is 0 Å². The summed E-state index contributed by atoms with van der Waals surface area (Å²) in [5.74, 6) is -0.810. The smallest absolute Gasteiger partial charge is 0.303 e. The zero-order valence-electron chi connectivity index (χ0n) is 12.2. The SMILES string of the molecule is Cc1ccccc1CC(C)NC(=O)CCCCC(=O)O. The van der Waals surface area contributed by atoms with Crippen molar-refractivity contribution in [1.29, 1.82) is 0 Å². The Labute approximate surface area is 120 Å². The predicted octanol–water partition coefficient (Wildman–Crippen LogP) is 2.69. The number of rotatable bonds is 8. The summed E-state index contributed by atoms with van der Waals surface area (Å²) in [4.78, 5) is 22.1. The van der Waals surface area contributed by atoms with Gasteiger partial charge in [0.1, 0.15) is 0 Å². The standard InChI is InChI=1S/C16H23NO3/c1-12-7-3-4-8-14(12)11-13(2)17-15(18)9-5-6-10-16(19)20/h3-4,7-8,13H,5-6,9-11H2,1-2H3,(H,17,18)(H,19,20). The average Bonchev–Trinajstić information content (AvgIpc) is 2.37. The lowest BCUT2D eigenvalue weighted by Gasteiger charge is -2.15. The minimum atomic E-state index is -0.807. The third-order valence-electron chi connectivity index (χ3n) is 3.24. The van der Waals surface area contributed by atoms with E-state index in [2.05, 4.69) is 24.4 Å². The molecule has 1 unspecified atom stereocenters. The fraction of sp³-hybridized carbons (Fsp3) is 0.500. The first-order chi connectivity index (χ1) is 9.49. The van der Waals surface area contributed by atoms with Crippen molar-refractivity contribution >= 4 is 11.9 Å². The summed E-state index contributed by atoms with van der Waals surface area (Å²) in [5.41, 5.74) is 2.47. The summed E-state index contributed by atoms with van der Waals surface area (Å²) in [6.07, 6.45) is 2.51. The van der Waals surface area contributed by atoms with Crippen molar-refractivity contribution in [3.63, 3.8) is 0 Å². The molecule has 0 spiro atoms. The minimum Gasteiger partial charge on any atom is -0.481 e. The number of aryl methyl sites for hydroxylation is 1. The van der Waals surface area contributed by atoms with Gasteiger partial charge in [-0.15, -0.1) is 0 Å². The summed E-state index contributed by atoms with van der Waals surface area (Å²) < 4.78 is 0. The quantitative estimate of drug-likeness (QED) is 0.718. The van der Waals surface area contributed by atoms with Gasteiger partial charge < -0.3 is 10.4 Å². The van der Waals surface area contributed by atoms with E-state index in [4.69, 9.17) is 5.11 Å². The molecule has 20 heavy (non-hydrogen) atoms. The molecule has 110 valence electrons. The van der Waals surface area contributed by atoms with Crippen molar-refractivity contribution in [2.45, 2.75) is 52.0 Å². The summed E-state index contributed by atoms with van der Waals surface area (Å²) in [5, 5.41) is 11.5. The van der Waals surface area contributed by atoms with Gasteiger partial charge in [-0.3, -0.25) is 9.59 Å². The number of benzene rings is 1. The topological polar surface area (TPSA) is 66.4 Å². The highest BCUT2D eigenvalue weighted by Crippen LogP contribution is 2.10. The van der Waals surface area contributed by atoms with Gasteiger partial charge in [0.05, 0.1) is 0 Å². The van der Waals surface area contributed by atoms with E-state index in [0.717, 1.165) is 6.42 Å². The number of carboxylic acids is 1. The molecule has 1 aromatic carbocycles. The second-order valence-electron chi connectivity index (χ2n) is 5.20. The maximum Gasteiger partial charge on any atom is 0.303 e. The molecule has 0 fully saturated rings. The molecular formula is C16H23NO3. The number of nitrogens with one attached hydrogen (secondary N) is 1. The minimum absolute atomic E-state index is 0.00327. The van der Waals surface area contributed by atoms with Gasteiger partial charge in [0, 0.05) is 18.9 Å². The molecule has 0 heterocycles. The van der Waals surface area contributed by atoms with Crippen molar-refractivity contribution in [3.8, 4) is 0 Å². The third-order valence-corrected chi connectivity index (χ3v) is 3.24. The molecular weight excluding hydrogens is 254 g/mol. The number of carboxylic acid groups (broad SMARTS) is 1. The van der Waals surface area contributed by atoms with E-state index in [0.29, 0.717) is 19.3 Å². The molecule has 4 nitrogen and oxygen atoms in total. The number of amides is 1. The van der Waals surface area contributed by atoms with Gasteiger partial charge in [0.25, 0.3) is 0 Å². The zero-order chi connectivity index (χ0) is 15.0. The molecule has 2 N–H and O–H groups in total. The molecule has 1 amide bonds. The first-order valence-corrected chi connectivity index (χ1v) is 7.04. The molecule has 1 atom stereocenters. The van der Waals surface area contributed by atoms with Crippen LogP contribution in [0.2, 0.25) is 0 Å². The van der Waals surface area contributed by atoms with Crippen molar-refractivity contribution in [2.75, 3.05) is 0 Å². The second kappa shape index (κ2) is 8.35. The van der Waals surface area contributed by atoms with Crippen LogP contribution in [0.3, 0.4) is 0 Å². The normalized spacial score (nSPS) is 11.9. The number of carbonyl (C=O) groups excluding carboxylic acids is 1. The van der Waals surface area contributed by atoms with E-state index in [1.807, 2.05) is 19.1 Å². The largest absolute Gasteiger partial charge is 0.481 e. The van der Waals surface area contributed by atoms with E-state index >= 15 is 0 Å². The fourth-order valence-corrected chi connectivity index (χ4v) is 2.13. The van der Waals surface area contributed by atoms with Crippen LogP contribution in [0.15, 0.2) is 24.3 Å². The summed E-state index contributed by atoms with van der Waals surface area (Å²) in [6.45, 7) is 4.05. The highest BCUT2D eigenvalue weighted by Gasteiger charge is 2.09. The van der Waals surface area contributed by atoms with Crippen molar-refractivity contribution in [3.05, 3.63) is 35.4 Å². The molecule has 1 rings (SSSR count). The van der Waals surface area contributed by atoms with Crippen LogP contribution in [0.25, 0.3) is 0 Å². The first-order valence-electron chi connectivity index (χ1n) is 7.04. The molecule has 0 aliphatic heterocycles. The molecule has 0 aliphatic rings. The molecule has 0 saturated heterocycles. The van der Waals surface area contributed by atoms with Crippen LogP contribution in [0.1, 0.15) is 43.7 Å². The van der Waals surface area contributed by atoms with E-state index in [1.54, 1.807) is 0 Å². The summed E-state index contributed by atoms with van der Waals surface area (Å²) >= 11 is 0. The number of hydrogen-bond donors (Lipinski definition) is 2. The van der Waals surface area contributed by atoms with Crippen molar-refractivity contribution < 1.29 is 14.7 Å². The monoisotopic (exact) mass is 277 g/mol. The van der Waals surface area contributed by atoms with Crippen LogP contribution in [-0.4, -0.2) is 23.0 Å². The average molecular weight is 277 g/mol. The van der Waals surface area contributed by atoms with Crippen molar-refractivity contribution in [1.82, 2.24) is 5.32 Å². The Morgan fingerprint density at radius 2 is 1.85 bits per heavy atom. The van der Waals surface area contributed by atoms with E-state index in [1.165, 1.54) is 11.1 Å². The van der Waals surface area contributed by atoms with Crippen LogP contribution < -0.4 is 5.32 Å². The molecule has 0 aromatic heterocycles.